The first-order chi connectivity index (χ1) is 38.5. The number of hydrogen-bond donors (Lipinski definition) is 0. The lowest BCUT2D eigenvalue weighted by atomic mass is 10.0. The summed E-state index contributed by atoms with van der Waals surface area (Å²) in [5.41, 5.74) is 0. The van der Waals surface area contributed by atoms with E-state index in [-0.39, 0.29) is 44.0 Å². The number of hydrogen-bond acceptors (Lipinski definition) is 6. The lowest BCUT2D eigenvalue weighted by molar-refractivity contribution is -0.167. The van der Waals surface area contributed by atoms with Gasteiger partial charge < -0.3 is 14.2 Å². The molecule has 0 aromatic carbocycles. The van der Waals surface area contributed by atoms with E-state index < -0.39 is 6.10 Å². The number of carbonyl (C=O) groups excluding carboxylic acids is 3. The highest BCUT2D eigenvalue weighted by Crippen LogP contribution is 2.14. The maximum absolute atomic E-state index is 12.9. The zero-order chi connectivity index (χ0) is 56.4. The van der Waals surface area contributed by atoms with Gasteiger partial charge in [0, 0.05) is 19.3 Å². The Morgan fingerprint density at radius 2 is 0.500 bits per heavy atom. The van der Waals surface area contributed by atoms with Crippen LogP contribution < -0.4 is 0 Å². The number of esters is 3. The molecule has 0 saturated carbocycles. The average molecular weight is 1070 g/mol. The third-order valence-electron chi connectivity index (χ3n) is 12.5. The van der Waals surface area contributed by atoms with E-state index in [1.807, 2.05) is 0 Å². The summed E-state index contributed by atoms with van der Waals surface area (Å²) < 4.78 is 16.8. The highest BCUT2D eigenvalue weighted by Gasteiger charge is 2.19. The topological polar surface area (TPSA) is 78.9 Å². The van der Waals surface area contributed by atoms with Crippen LogP contribution in [0.3, 0.4) is 0 Å². The zero-order valence-corrected chi connectivity index (χ0v) is 49.9. The number of rotatable bonds is 54. The molecule has 6 heteroatoms. The second-order valence-corrected chi connectivity index (χ2v) is 19.9. The SMILES string of the molecule is CC/C=C\C/C=C\C/C=C\C/C=C\C/C=C\C/C=C\C/C=C\C/C=C\C/C=C\CCCC(=O)OCC(COC(=O)CCCCCCCCCCCCCCCC)OC(=O)CCC/C=C\C/C=C\C/C=C\C/C=C\C/C=C\CC. The molecule has 0 N–H and O–H groups in total. The van der Waals surface area contributed by atoms with Gasteiger partial charge in [0.15, 0.2) is 6.10 Å². The summed E-state index contributed by atoms with van der Waals surface area (Å²) in [7, 11) is 0. The average Bonchev–Trinajstić information content (AvgIpc) is 3.44. The summed E-state index contributed by atoms with van der Waals surface area (Å²) in [5, 5.41) is 0. The minimum absolute atomic E-state index is 0.124. The molecule has 0 spiro atoms. The third-order valence-corrected chi connectivity index (χ3v) is 12.5. The van der Waals surface area contributed by atoms with Crippen LogP contribution in [0, 0.1) is 0 Å². The van der Waals surface area contributed by atoms with Crippen molar-refractivity contribution in [2.45, 2.75) is 252 Å². The molecule has 0 saturated heterocycles. The molecule has 0 aliphatic carbocycles. The summed E-state index contributed by atoms with van der Waals surface area (Å²) in [6.07, 6.45) is 95.1. The number of allylic oxidation sites excluding steroid dienone is 28. The van der Waals surface area contributed by atoms with Crippen LogP contribution in [0.5, 0.6) is 0 Å². The lowest BCUT2D eigenvalue weighted by Gasteiger charge is -2.18. The summed E-state index contributed by atoms with van der Waals surface area (Å²) in [4.78, 5) is 38.2. The van der Waals surface area contributed by atoms with E-state index in [0.717, 1.165) is 122 Å². The van der Waals surface area contributed by atoms with Crippen molar-refractivity contribution in [3.05, 3.63) is 170 Å². The summed E-state index contributed by atoms with van der Waals surface area (Å²) in [6, 6.07) is 0. The van der Waals surface area contributed by atoms with E-state index in [1.54, 1.807) is 0 Å². The molecular formula is C72H112O6. The molecule has 0 radical (unpaired) electrons. The Kier molecular flexibility index (Phi) is 60.0. The van der Waals surface area contributed by atoms with Crippen molar-refractivity contribution in [3.8, 4) is 0 Å². The van der Waals surface area contributed by atoms with Crippen LogP contribution in [-0.4, -0.2) is 37.2 Å². The van der Waals surface area contributed by atoms with Gasteiger partial charge in [-0.1, -0.05) is 274 Å². The molecule has 436 valence electrons. The van der Waals surface area contributed by atoms with Crippen LogP contribution >= 0.6 is 0 Å². The first kappa shape index (κ1) is 72.8. The fraction of sp³-hybridized carbons (Fsp3) is 0.569. The van der Waals surface area contributed by atoms with E-state index in [9.17, 15) is 14.4 Å². The normalized spacial score (nSPS) is 13.3. The quantitative estimate of drug-likeness (QED) is 0.0261. The first-order valence-electron chi connectivity index (χ1n) is 31.1. The molecule has 0 heterocycles. The predicted molar refractivity (Wildman–Crippen MR) is 338 cm³/mol. The van der Waals surface area contributed by atoms with Gasteiger partial charge in [0.2, 0.25) is 0 Å². The van der Waals surface area contributed by atoms with Gasteiger partial charge in [0.25, 0.3) is 0 Å². The van der Waals surface area contributed by atoms with Gasteiger partial charge in [-0.05, 0) is 122 Å². The van der Waals surface area contributed by atoms with Crippen LogP contribution in [0.25, 0.3) is 0 Å². The molecule has 1 unspecified atom stereocenters. The second kappa shape index (κ2) is 64.3. The van der Waals surface area contributed by atoms with Crippen LogP contribution in [0.4, 0.5) is 0 Å². The van der Waals surface area contributed by atoms with Gasteiger partial charge in [-0.15, -0.1) is 0 Å². The van der Waals surface area contributed by atoms with Crippen LogP contribution in [0.15, 0.2) is 170 Å². The third kappa shape index (κ3) is 61.6. The Bertz CT molecular complexity index is 1810. The molecule has 0 aromatic rings. The Labute approximate surface area is 479 Å². The lowest BCUT2D eigenvalue weighted by Crippen LogP contribution is -2.30. The maximum atomic E-state index is 12.9. The maximum Gasteiger partial charge on any atom is 0.306 e. The summed E-state index contributed by atoms with van der Waals surface area (Å²) in [6.45, 7) is 6.31. The van der Waals surface area contributed by atoms with E-state index in [1.165, 1.54) is 70.6 Å². The minimum atomic E-state index is -0.839. The van der Waals surface area contributed by atoms with Crippen molar-refractivity contribution in [2.75, 3.05) is 13.2 Å². The molecular weight excluding hydrogens is 961 g/mol. The van der Waals surface area contributed by atoms with E-state index >= 15 is 0 Å². The number of unbranched alkanes of at least 4 members (excludes halogenated alkanes) is 15. The van der Waals surface area contributed by atoms with E-state index in [2.05, 4.69) is 191 Å². The molecule has 0 amide bonds. The Hall–Kier alpha value is -5.23. The summed E-state index contributed by atoms with van der Waals surface area (Å²) in [5.74, 6) is -1.05. The van der Waals surface area contributed by atoms with Crippen LogP contribution in [0.2, 0.25) is 0 Å². The minimum Gasteiger partial charge on any atom is -0.462 e. The second-order valence-electron chi connectivity index (χ2n) is 19.9. The van der Waals surface area contributed by atoms with E-state index in [4.69, 9.17) is 14.2 Å². The van der Waals surface area contributed by atoms with Crippen molar-refractivity contribution in [1.29, 1.82) is 0 Å². The molecule has 0 bridgehead atoms. The number of ether oxygens (including phenoxy) is 3. The molecule has 0 fully saturated rings. The Balaban J connectivity index is 4.53. The van der Waals surface area contributed by atoms with E-state index in [0.29, 0.717) is 19.3 Å². The molecule has 78 heavy (non-hydrogen) atoms. The van der Waals surface area contributed by atoms with Gasteiger partial charge in [-0.25, -0.2) is 0 Å². The van der Waals surface area contributed by atoms with Crippen LogP contribution in [-0.2, 0) is 28.6 Å². The van der Waals surface area contributed by atoms with Crippen molar-refractivity contribution >= 4 is 17.9 Å². The largest absolute Gasteiger partial charge is 0.462 e. The molecule has 6 nitrogen and oxygen atoms in total. The van der Waals surface area contributed by atoms with Crippen molar-refractivity contribution in [2.24, 2.45) is 0 Å². The van der Waals surface area contributed by atoms with Gasteiger partial charge in [0.05, 0.1) is 0 Å². The standard InChI is InChI=1S/C72H112O6/c1-4-7-10-13-16-19-22-25-28-30-31-32-33-34-35-36-37-38-39-40-41-43-44-47-50-53-56-59-62-65-71(74)77-68-69(67-76-70(73)64-61-58-55-52-49-46-27-24-21-18-15-12-9-6-3)78-72(75)66-63-60-57-54-51-48-45-42-29-26-23-20-17-14-11-8-5-2/h7-8,10-11,16-17,19-20,25-26,28-29,31-32,34-35,37-38,40-41,44-45,47-48,53-54,56-57,69H,4-6,9,12-15,18,21-24,27,30,33,36,39,42-43,46,49-52,55,58-68H2,1-3H3/b10-7-,11-8-,19-16-,20-17-,28-25-,29-26-,32-31-,35-34-,38-37-,41-40-,47-44-,48-45-,56-53-,57-54-. The van der Waals surface area contributed by atoms with Crippen molar-refractivity contribution in [3.63, 3.8) is 0 Å². The Morgan fingerprint density at radius 1 is 0.269 bits per heavy atom. The first-order valence-corrected chi connectivity index (χ1v) is 31.1. The fourth-order valence-electron chi connectivity index (χ4n) is 7.89. The summed E-state index contributed by atoms with van der Waals surface area (Å²) >= 11 is 0. The molecule has 1 atom stereocenters. The molecule has 0 aromatic heterocycles. The fourth-order valence-corrected chi connectivity index (χ4v) is 7.89. The molecule has 0 aliphatic rings. The molecule has 0 rings (SSSR count). The van der Waals surface area contributed by atoms with Crippen molar-refractivity contribution < 1.29 is 28.6 Å². The van der Waals surface area contributed by atoms with Gasteiger partial charge in [-0.3, -0.25) is 14.4 Å². The van der Waals surface area contributed by atoms with Gasteiger partial charge in [-0.2, -0.15) is 0 Å². The zero-order valence-electron chi connectivity index (χ0n) is 49.9. The predicted octanol–water partition coefficient (Wildman–Crippen LogP) is 21.5. The van der Waals surface area contributed by atoms with Crippen LogP contribution in [0.1, 0.15) is 245 Å². The van der Waals surface area contributed by atoms with Gasteiger partial charge in [0.1, 0.15) is 13.2 Å². The highest BCUT2D eigenvalue weighted by atomic mass is 16.6. The highest BCUT2D eigenvalue weighted by molar-refractivity contribution is 5.71. The Morgan fingerprint density at radius 3 is 0.782 bits per heavy atom. The van der Waals surface area contributed by atoms with Gasteiger partial charge >= 0.3 is 17.9 Å². The monoisotopic (exact) mass is 1070 g/mol. The molecule has 0 aliphatic heterocycles. The van der Waals surface area contributed by atoms with Crippen molar-refractivity contribution in [1.82, 2.24) is 0 Å². The smallest absolute Gasteiger partial charge is 0.306 e. The number of carbonyl (C=O) groups is 3.